The van der Waals surface area contributed by atoms with Crippen LogP contribution in [-0.4, -0.2) is 37.5 Å². The molecule has 27 heavy (non-hydrogen) atoms. The molecule has 2 N–H and O–H groups in total. The van der Waals surface area contributed by atoms with Gasteiger partial charge in [0.05, 0.1) is 12.8 Å². The smallest absolute Gasteiger partial charge is 0.326 e. The van der Waals surface area contributed by atoms with Gasteiger partial charge in [0, 0.05) is 10.6 Å². The van der Waals surface area contributed by atoms with Crippen molar-refractivity contribution in [2.75, 3.05) is 19.0 Å². The van der Waals surface area contributed by atoms with E-state index in [9.17, 15) is 14.4 Å². The highest BCUT2D eigenvalue weighted by molar-refractivity contribution is 6.31. The van der Waals surface area contributed by atoms with Gasteiger partial charge < -0.3 is 20.1 Å². The van der Waals surface area contributed by atoms with E-state index in [1.165, 1.54) is 20.1 Å². The highest BCUT2D eigenvalue weighted by Crippen LogP contribution is 2.27. The summed E-state index contributed by atoms with van der Waals surface area (Å²) >= 11 is 5.91. The standard InChI is InChI=1S/C19H19ClN2O5/c1-12(18(24)22-15-10-14(20)8-9-16(15)26-2)27-17(23)11-21-19(25)13-6-4-3-5-7-13/h3-10,12H,11H2,1-2H3,(H,21,25)(H,22,24)/t12-/m0/s1. The Balaban J connectivity index is 1.86. The monoisotopic (exact) mass is 390 g/mol. The number of carbonyl (C=O) groups is 3. The summed E-state index contributed by atoms with van der Waals surface area (Å²) in [7, 11) is 1.46. The Morgan fingerprint density at radius 2 is 1.81 bits per heavy atom. The van der Waals surface area contributed by atoms with Gasteiger partial charge in [-0.05, 0) is 37.3 Å². The molecule has 0 fully saturated rings. The lowest BCUT2D eigenvalue weighted by molar-refractivity contribution is -0.152. The van der Waals surface area contributed by atoms with Crippen LogP contribution in [0.4, 0.5) is 5.69 Å². The molecule has 0 radical (unpaired) electrons. The first-order valence-electron chi connectivity index (χ1n) is 8.08. The van der Waals surface area contributed by atoms with E-state index < -0.39 is 23.9 Å². The molecule has 2 rings (SSSR count). The molecule has 0 aliphatic rings. The first kappa shape index (κ1) is 20.3. The van der Waals surface area contributed by atoms with Gasteiger partial charge in [0.15, 0.2) is 6.10 Å². The molecule has 0 aromatic heterocycles. The molecule has 2 amide bonds. The molecule has 7 nitrogen and oxygen atoms in total. The predicted octanol–water partition coefficient (Wildman–Crippen LogP) is 2.65. The van der Waals surface area contributed by atoms with E-state index in [0.717, 1.165) is 0 Å². The van der Waals surface area contributed by atoms with Crippen molar-refractivity contribution in [1.29, 1.82) is 0 Å². The average molecular weight is 391 g/mol. The summed E-state index contributed by atoms with van der Waals surface area (Å²) in [5.41, 5.74) is 0.777. The molecule has 8 heteroatoms. The number of anilines is 1. The molecule has 142 valence electrons. The first-order chi connectivity index (χ1) is 12.9. The lowest BCUT2D eigenvalue weighted by atomic mass is 10.2. The van der Waals surface area contributed by atoms with Crippen LogP contribution in [0.5, 0.6) is 5.75 Å². The molecule has 0 heterocycles. The summed E-state index contributed by atoms with van der Waals surface area (Å²) in [4.78, 5) is 36.0. The molecule has 0 unspecified atom stereocenters. The minimum Gasteiger partial charge on any atom is -0.495 e. The van der Waals surface area contributed by atoms with Crippen LogP contribution in [0.15, 0.2) is 48.5 Å². The Labute approximate surface area is 161 Å². The summed E-state index contributed by atoms with van der Waals surface area (Å²) < 4.78 is 10.2. The minimum atomic E-state index is -1.07. The number of carbonyl (C=O) groups excluding carboxylic acids is 3. The van der Waals surface area contributed by atoms with Crippen LogP contribution in [-0.2, 0) is 14.3 Å². The largest absolute Gasteiger partial charge is 0.495 e. The van der Waals surface area contributed by atoms with Crippen LogP contribution in [0.2, 0.25) is 5.02 Å². The van der Waals surface area contributed by atoms with Crippen molar-refractivity contribution in [2.24, 2.45) is 0 Å². The zero-order valence-electron chi connectivity index (χ0n) is 14.8. The summed E-state index contributed by atoms with van der Waals surface area (Å²) in [6, 6.07) is 13.2. The van der Waals surface area contributed by atoms with Crippen molar-refractivity contribution in [2.45, 2.75) is 13.0 Å². The molecule has 0 saturated heterocycles. The number of ether oxygens (including phenoxy) is 2. The fourth-order valence-corrected chi connectivity index (χ4v) is 2.32. The SMILES string of the molecule is COc1ccc(Cl)cc1NC(=O)[C@H](C)OC(=O)CNC(=O)c1ccccc1. The normalized spacial score (nSPS) is 11.2. The van der Waals surface area contributed by atoms with Crippen LogP contribution in [0.25, 0.3) is 0 Å². The molecule has 0 saturated carbocycles. The van der Waals surface area contributed by atoms with Crippen LogP contribution < -0.4 is 15.4 Å². The lowest BCUT2D eigenvalue weighted by Crippen LogP contribution is -2.35. The van der Waals surface area contributed by atoms with Gasteiger partial charge in [-0.1, -0.05) is 29.8 Å². The van der Waals surface area contributed by atoms with Gasteiger partial charge in [-0.25, -0.2) is 0 Å². The topological polar surface area (TPSA) is 93.7 Å². The maximum atomic E-state index is 12.2. The molecule has 0 bridgehead atoms. The molecule has 1 atom stereocenters. The fourth-order valence-electron chi connectivity index (χ4n) is 2.15. The Morgan fingerprint density at radius 3 is 2.48 bits per heavy atom. The molecular weight excluding hydrogens is 372 g/mol. The van der Waals surface area contributed by atoms with Gasteiger partial charge >= 0.3 is 5.97 Å². The van der Waals surface area contributed by atoms with Crippen LogP contribution in [0, 0.1) is 0 Å². The Morgan fingerprint density at radius 1 is 1.11 bits per heavy atom. The molecule has 0 aliphatic carbocycles. The van der Waals surface area contributed by atoms with E-state index in [0.29, 0.717) is 22.0 Å². The van der Waals surface area contributed by atoms with E-state index in [2.05, 4.69) is 10.6 Å². The number of esters is 1. The number of halogens is 1. The van der Waals surface area contributed by atoms with Crippen LogP contribution >= 0.6 is 11.6 Å². The summed E-state index contributed by atoms with van der Waals surface area (Å²) in [5, 5.41) is 5.44. The molecule has 0 spiro atoms. The summed E-state index contributed by atoms with van der Waals surface area (Å²) in [6.07, 6.45) is -1.07. The van der Waals surface area contributed by atoms with Crippen molar-refractivity contribution in [3.63, 3.8) is 0 Å². The third-order valence-electron chi connectivity index (χ3n) is 3.53. The number of methoxy groups -OCH3 is 1. The van der Waals surface area contributed by atoms with Gasteiger partial charge in [-0.15, -0.1) is 0 Å². The second-order valence-electron chi connectivity index (χ2n) is 5.51. The van der Waals surface area contributed by atoms with Crippen LogP contribution in [0.1, 0.15) is 17.3 Å². The van der Waals surface area contributed by atoms with Gasteiger partial charge in [0.1, 0.15) is 12.3 Å². The number of nitrogens with one attached hydrogen (secondary N) is 2. The fraction of sp³-hybridized carbons (Fsp3) is 0.211. The maximum Gasteiger partial charge on any atom is 0.326 e. The third-order valence-corrected chi connectivity index (χ3v) is 3.76. The number of benzene rings is 2. The average Bonchev–Trinajstić information content (AvgIpc) is 2.67. The molecule has 0 aliphatic heterocycles. The summed E-state index contributed by atoms with van der Waals surface area (Å²) in [5.74, 6) is -1.28. The van der Waals surface area contributed by atoms with Crippen molar-refractivity contribution in [3.05, 3.63) is 59.1 Å². The summed E-state index contributed by atoms with van der Waals surface area (Å²) in [6.45, 7) is 1.06. The van der Waals surface area contributed by atoms with Crippen molar-refractivity contribution >= 4 is 35.1 Å². The van der Waals surface area contributed by atoms with Crippen molar-refractivity contribution in [3.8, 4) is 5.75 Å². The number of hydrogen-bond acceptors (Lipinski definition) is 5. The van der Waals surface area contributed by atoms with Gasteiger partial charge in [0.2, 0.25) is 0 Å². The van der Waals surface area contributed by atoms with Crippen molar-refractivity contribution < 1.29 is 23.9 Å². The van der Waals surface area contributed by atoms with E-state index in [1.807, 2.05) is 0 Å². The number of hydrogen-bond donors (Lipinski definition) is 2. The molecular formula is C19H19ClN2O5. The van der Waals surface area contributed by atoms with Gasteiger partial charge in [-0.2, -0.15) is 0 Å². The Kier molecular flexibility index (Phi) is 7.19. The highest BCUT2D eigenvalue weighted by atomic mass is 35.5. The lowest BCUT2D eigenvalue weighted by Gasteiger charge is -2.15. The Bertz CT molecular complexity index is 826. The van der Waals surface area contributed by atoms with E-state index >= 15 is 0 Å². The predicted molar refractivity (Wildman–Crippen MR) is 101 cm³/mol. The second kappa shape index (κ2) is 9.59. The number of rotatable bonds is 7. The number of amides is 2. The minimum absolute atomic E-state index is 0.355. The van der Waals surface area contributed by atoms with E-state index in [4.69, 9.17) is 21.1 Å². The van der Waals surface area contributed by atoms with E-state index in [1.54, 1.807) is 42.5 Å². The zero-order valence-corrected chi connectivity index (χ0v) is 15.6. The zero-order chi connectivity index (χ0) is 19.8. The quantitative estimate of drug-likeness (QED) is 0.709. The Hall–Kier alpha value is -3.06. The van der Waals surface area contributed by atoms with Gasteiger partial charge in [-0.3, -0.25) is 14.4 Å². The molecule has 2 aromatic rings. The highest BCUT2D eigenvalue weighted by Gasteiger charge is 2.20. The second-order valence-corrected chi connectivity index (χ2v) is 5.95. The van der Waals surface area contributed by atoms with Crippen molar-refractivity contribution in [1.82, 2.24) is 5.32 Å². The van der Waals surface area contributed by atoms with Crippen LogP contribution in [0.3, 0.4) is 0 Å². The third kappa shape index (κ3) is 6.00. The van der Waals surface area contributed by atoms with E-state index in [-0.39, 0.29) is 6.54 Å². The molecule has 2 aromatic carbocycles. The van der Waals surface area contributed by atoms with Gasteiger partial charge in [0.25, 0.3) is 11.8 Å². The first-order valence-corrected chi connectivity index (χ1v) is 8.45. The maximum absolute atomic E-state index is 12.2.